The van der Waals surface area contributed by atoms with Crippen molar-refractivity contribution < 1.29 is 0 Å². The Morgan fingerprint density at radius 1 is 1.19 bits per heavy atom. The van der Waals surface area contributed by atoms with Gasteiger partial charge in [0.1, 0.15) is 0 Å². The molecular weight excluding hydrogens is 318 g/mol. The highest BCUT2D eigenvalue weighted by Gasteiger charge is 2.61. The third-order valence-electron chi connectivity index (χ3n) is 7.58. The van der Waals surface area contributed by atoms with Crippen LogP contribution in [0.2, 0.25) is 0 Å². The lowest BCUT2D eigenvalue weighted by atomic mass is 9.70. The fourth-order valence-electron chi connectivity index (χ4n) is 5.57. The zero-order valence-corrected chi connectivity index (χ0v) is 16.4. The number of rotatable bonds is 2. The van der Waals surface area contributed by atoms with Crippen molar-refractivity contribution in [3.63, 3.8) is 0 Å². The third kappa shape index (κ3) is 1.79. The van der Waals surface area contributed by atoms with Gasteiger partial charge in [0.05, 0.1) is 17.1 Å². The van der Waals surface area contributed by atoms with Crippen LogP contribution < -0.4 is 0 Å². The Kier molecular flexibility index (Phi) is 3.06. The Balaban J connectivity index is 1.72. The minimum atomic E-state index is 0.182. The lowest BCUT2D eigenvalue weighted by Crippen LogP contribution is -2.32. The number of hydrogen-bond donors (Lipinski definition) is 1. The van der Waals surface area contributed by atoms with Crippen molar-refractivity contribution in [3.05, 3.63) is 47.3 Å². The molecule has 2 atom stereocenters. The highest BCUT2D eigenvalue weighted by atomic mass is 15.1. The molecule has 2 unspecified atom stereocenters. The molecule has 1 N–H and O–H groups in total. The van der Waals surface area contributed by atoms with Crippen LogP contribution in [-0.2, 0) is 5.41 Å². The summed E-state index contributed by atoms with van der Waals surface area (Å²) in [4.78, 5) is 4.81. The third-order valence-corrected chi connectivity index (χ3v) is 7.58. The largest absolute Gasteiger partial charge is 0.276 e. The molecule has 1 aromatic carbocycles. The second-order valence-electron chi connectivity index (χ2n) is 9.30. The van der Waals surface area contributed by atoms with E-state index in [4.69, 9.17) is 10.1 Å². The van der Waals surface area contributed by atoms with Gasteiger partial charge in [-0.3, -0.25) is 10.1 Å². The smallest absolute Gasteiger partial charge is 0.0889 e. The molecule has 2 heterocycles. The van der Waals surface area contributed by atoms with E-state index in [0.717, 1.165) is 11.4 Å². The first-order valence-corrected chi connectivity index (χ1v) is 9.82. The standard InChI is InChI=1S/C23H27N3/c1-13(2)15-8-6-7-14-12-24-18(11-16(14)15)20-19-17-9-10-23(5,22(17,3)4)21(19)26-25-20/h6-8,11-13,17H,9-10H2,1-5H3,(H,25,26). The van der Waals surface area contributed by atoms with Crippen molar-refractivity contribution >= 4 is 10.8 Å². The molecule has 0 spiro atoms. The zero-order chi connectivity index (χ0) is 18.3. The Hall–Kier alpha value is -2.16. The molecule has 0 aliphatic heterocycles. The van der Waals surface area contributed by atoms with E-state index in [1.807, 2.05) is 6.20 Å². The number of aromatic amines is 1. The molecule has 0 radical (unpaired) electrons. The summed E-state index contributed by atoms with van der Waals surface area (Å²) in [5.41, 5.74) is 6.73. The zero-order valence-electron chi connectivity index (χ0n) is 16.4. The molecule has 1 fully saturated rings. The first-order chi connectivity index (χ1) is 12.3. The minimum Gasteiger partial charge on any atom is -0.276 e. The predicted molar refractivity (Wildman–Crippen MR) is 107 cm³/mol. The monoisotopic (exact) mass is 345 g/mol. The second kappa shape index (κ2) is 4.97. The molecule has 3 heteroatoms. The van der Waals surface area contributed by atoms with E-state index < -0.39 is 0 Å². The molecule has 3 nitrogen and oxygen atoms in total. The van der Waals surface area contributed by atoms with Crippen LogP contribution in [0.3, 0.4) is 0 Å². The van der Waals surface area contributed by atoms with Crippen LogP contribution in [0.4, 0.5) is 0 Å². The van der Waals surface area contributed by atoms with E-state index >= 15 is 0 Å². The van der Waals surface area contributed by atoms with Gasteiger partial charge >= 0.3 is 0 Å². The summed E-state index contributed by atoms with van der Waals surface area (Å²) in [5.74, 6) is 1.07. The number of nitrogens with one attached hydrogen (secondary N) is 1. The van der Waals surface area contributed by atoms with E-state index in [0.29, 0.717) is 11.8 Å². The molecule has 2 aliphatic carbocycles. The van der Waals surface area contributed by atoms with Crippen molar-refractivity contribution in [3.8, 4) is 11.4 Å². The molecule has 1 saturated carbocycles. The summed E-state index contributed by atoms with van der Waals surface area (Å²) in [5, 5.41) is 10.7. The quantitative estimate of drug-likeness (QED) is 0.626. The van der Waals surface area contributed by atoms with E-state index in [1.54, 1.807) is 0 Å². The van der Waals surface area contributed by atoms with Gasteiger partial charge in [-0.25, -0.2) is 0 Å². The van der Waals surface area contributed by atoms with Gasteiger partial charge in [-0.1, -0.05) is 52.8 Å². The molecule has 2 aromatic heterocycles. The van der Waals surface area contributed by atoms with Gasteiger partial charge in [0.15, 0.2) is 0 Å². The summed E-state index contributed by atoms with van der Waals surface area (Å²) in [6.45, 7) is 11.7. The van der Waals surface area contributed by atoms with Gasteiger partial charge < -0.3 is 0 Å². The van der Waals surface area contributed by atoms with Crippen LogP contribution in [-0.4, -0.2) is 15.2 Å². The average Bonchev–Trinajstić information content (AvgIpc) is 3.19. The SMILES string of the molecule is CC(C)c1cccc2cnc(-c3[nH]nc4c3C3CCC4(C)C3(C)C)cc12. The highest BCUT2D eigenvalue weighted by molar-refractivity contribution is 5.88. The molecule has 134 valence electrons. The van der Waals surface area contributed by atoms with Crippen molar-refractivity contribution in [1.82, 2.24) is 15.2 Å². The van der Waals surface area contributed by atoms with Crippen LogP contribution in [0.25, 0.3) is 22.2 Å². The summed E-state index contributed by atoms with van der Waals surface area (Å²) in [6, 6.07) is 8.79. The number of pyridine rings is 1. The first-order valence-electron chi connectivity index (χ1n) is 9.82. The van der Waals surface area contributed by atoms with Crippen molar-refractivity contribution in [2.24, 2.45) is 5.41 Å². The second-order valence-corrected chi connectivity index (χ2v) is 9.30. The highest BCUT2D eigenvalue weighted by Crippen LogP contribution is 2.68. The normalized spacial score (nSPS) is 26.0. The minimum absolute atomic E-state index is 0.182. The van der Waals surface area contributed by atoms with Crippen LogP contribution in [0.15, 0.2) is 30.5 Å². The van der Waals surface area contributed by atoms with E-state index in [1.165, 1.54) is 40.4 Å². The Labute approximate surface area is 155 Å². The molecule has 3 aromatic rings. The van der Waals surface area contributed by atoms with Crippen LogP contribution >= 0.6 is 0 Å². The van der Waals surface area contributed by atoms with E-state index in [9.17, 15) is 0 Å². The number of H-pyrrole nitrogens is 1. The summed E-state index contributed by atoms with van der Waals surface area (Å²) in [7, 11) is 0. The molecule has 2 bridgehead atoms. The van der Waals surface area contributed by atoms with Crippen molar-refractivity contribution in [2.75, 3.05) is 0 Å². The maximum absolute atomic E-state index is 4.81. The molecular formula is C23H27N3. The number of hydrogen-bond acceptors (Lipinski definition) is 2. The van der Waals surface area contributed by atoms with Crippen molar-refractivity contribution in [2.45, 2.75) is 64.7 Å². The number of nitrogens with zero attached hydrogens (tertiary/aromatic N) is 2. The predicted octanol–water partition coefficient (Wildman–Crippen LogP) is 5.92. The number of aromatic nitrogens is 3. The summed E-state index contributed by atoms with van der Waals surface area (Å²) in [6.07, 6.45) is 4.52. The van der Waals surface area contributed by atoms with E-state index in [-0.39, 0.29) is 10.8 Å². The van der Waals surface area contributed by atoms with Gasteiger partial charge in [-0.2, -0.15) is 5.10 Å². The number of benzene rings is 1. The van der Waals surface area contributed by atoms with Gasteiger partial charge in [0, 0.05) is 22.6 Å². The molecule has 2 aliphatic rings. The molecule has 26 heavy (non-hydrogen) atoms. The summed E-state index contributed by atoms with van der Waals surface area (Å²) >= 11 is 0. The van der Waals surface area contributed by atoms with Gasteiger partial charge in [0.2, 0.25) is 0 Å². The average molecular weight is 345 g/mol. The lowest BCUT2D eigenvalue weighted by Gasteiger charge is -2.34. The van der Waals surface area contributed by atoms with Gasteiger partial charge in [0.25, 0.3) is 0 Å². The lowest BCUT2D eigenvalue weighted by molar-refractivity contribution is 0.225. The maximum atomic E-state index is 4.81. The van der Waals surface area contributed by atoms with Crippen molar-refractivity contribution in [1.29, 1.82) is 0 Å². The van der Waals surface area contributed by atoms with E-state index in [2.05, 4.69) is 64.0 Å². The fourth-order valence-corrected chi connectivity index (χ4v) is 5.57. The molecule has 5 rings (SSSR count). The van der Waals surface area contributed by atoms with Gasteiger partial charge in [-0.05, 0) is 47.1 Å². The Morgan fingerprint density at radius 3 is 2.77 bits per heavy atom. The maximum Gasteiger partial charge on any atom is 0.0889 e. The van der Waals surface area contributed by atoms with Gasteiger partial charge in [-0.15, -0.1) is 0 Å². The first kappa shape index (κ1) is 16.0. The Morgan fingerprint density at radius 2 is 2.00 bits per heavy atom. The topological polar surface area (TPSA) is 41.6 Å². The van der Waals surface area contributed by atoms with Crippen LogP contribution in [0.1, 0.15) is 76.1 Å². The Bertz CT molecular complexity index is 1030. The summed E-state index contributed by atoms with van der Waals surface area (Å²) < 4.78 is 0. The molecule has 0 amide bonds. The molecule has 0 saturated heterocycles. The van der Waals surface area contributed by atoms with Crippen LogP contribution in [0, 0.1) is 5.41 Å². The number of fused-ring (bicyclic) bond motifs is 6. The van der Waals surface area contributed by atoms with Crippen LogP contribution in [0.5, 0.6) is 0 Å². The fraction of sp³-hybridized carbons (Fsp3) is 0.478.